The molecule has 2 atom stereocenters. The first-order valence-corrected chi connectivity index (χ1v) is 10.4. The van der Waals surface area contributed by atoms with E-state index in [1.54, 1.807) is 0 Å². The maximum Gasteiger partial charge on any atom is 0.113 e. The number of allylic oxidation sites excluding steroid dienone is 2. The van der Waals surface area contributed by atoms with Crippen molar-refractivity contribution in [2.75, 3.05) is 5.32 Å². The van der Waals surface area contributed by atoms with Crippen molar-refractivity contribution in [2.24, 2.45) is 10.8 Å². The van der Waals surface area contributed by atoms with E-state index in [9.17, 15) is 0 Å². The third kappa shape index (κ3) is 6.17. The Kier molecular flexibility index (Phi) is 7.56. The molecule has 0 aromatic heterocycles. The molecule has 4 nitrogen and oxygen atoms in total. The molecule has 1 aromatic rings. The highest BCUT2D eigenvalue weighted by Crippen LogP contribution is 2.21. The SMILES string of the molecule is NC1CCCC(Nc2ccccc2)N/N=C(/C2=CCCCCCCC2)C1. The number of hydrogen-bond donors (Lipinski definition) is 3. The maximum atomic E-state index is 6.41. The summed E-state index contributed by atoms with van der Waals surface area (Å²) in [7, 11) is 0. The van der Waals surface area contributed by atoms with E-state index in [0.29, 0.717) is 0 Å². The molecule has 0 saturated heterocycles. The minimum absolute atomic E-state index is 0.148. The van der Waals surface area contributed by atoms with Crippen LogP contribution in [0.2, 0.25) is 0 Å². The summed E-state index contributed by atoms with van der Waals surface area (Å²) in [5.41, 5.74) is 13.6. The van der Waals surface area contributed by atoms with Crippen molar-refractivity contribution in [3.63, 3.8) is 0 Å². The van der Waals surface area contributed by atoms with Gasteiger partial charge in [0.1, 0.15) is 6.17 Å². The van der Waals surface area contributed by atoms with Gasteiger partial charge in [0.25, 0.3) is 0 Å². The molecule has 1 aliphatic carbocycles. The second-order valence-electron chi connectivity index (χ2n) is 7.68. The summed E-state index contributed by atoms with van der Waals surface area (Å²) in [5.74, 6) is 0. The number of anilines is 1. The number of nitrogens with two attached hydrogens (primary N) is 1. The Morgan fingerprint density at radius 2 is 1.77 bits per heavy atom. The first-order chi connectivity index (χ1) is 12.8. The molecule has 1 aliphatic heterocycles. The lowest BCUT2D eigenvalue weighted by atomic mass is 9.96. The van der Waals surface area contributed by atoms with E-state index >= 15 is 0 Å². The molecule has 1 heterocycles. The van der Waals surface area contributed by atoms with E-state index in [1.165, 1.54) is 49.8 Å². The van der Waals surface area contributed by atoms with Crippen LogP contribution in [0.25, 0.3) is 0 Å². The van der Waals surface area contributed by atoms with Gasteiger partial charge in [-0.25, -0.2) is 0 Å². The highest BCUT2D eigenvalue weighted by Gasteiger charge is 2.17. The fraction of sp³-hybridized carbons (Fsp3) is 0.591. The van der Waals surface area contributed by atoms with Crippen molar-refractivity contribution in [3.8, 4) is 0 Å². The molecule has 0 fully saturated rings. The van der Waals surface area contributed by atoms with Crippen LogP contribution >= 0.6 is 0 Å². The number of rotatable bonds is 3. The molecule has 142 valence electrons. The molecule has 0 bridgehead atoms. The van der Waals surface area contributed by atoms with Crippen LogP contribution in [0.3, 0.4) is 0 Å². The highest BCUT2D eigenvalue weighted by molar-refractivity contribution is 6.00. The van der Waals surface area contributed by atoms with Crippen LogP contribution in [0.5, 0.6) is 0 Å². The second-order valence-corrected chi connectivity index (χ2v) is 7.68. The minimum Gasteiger partial charge on any atom is -0.364 e. The van der Waals surface area contributed by atoms with Gasteiger partial charge >= 0.3 is 0 Å². The third-order valence-electron chi connectivity index (χ3n) is 5.40. The molecular weight excluding hydrogens is 320 g/mol. The van der Waals surface area contributed by atoms with Crippen molar-refractivity contribution < 1.29 is 0 Å². The smallest absolute Gasteiger partial charge is 0.113 e. The minimum atomic E-state index is 0.148. The zero-order valence-electron chi connectivity index (χ0n) is 15.9. The predicted molar refractivity (Wildman–Crippen MR) is 111 cm³/mol. The van der Waals surface area contributed by atoms with Gasteiger partial charge in [0, 0.05) is 18.2 Å². The number of hydrazone groups is 1. The van der Waals surface area contributed by atoms with Crippen molar-refractivity contribution in [2.45, 2.75) is 82.8 Å². The van der Waals surface area contributed by atoms with Gasteiger partial charge in [0.05, 0.1) is 5.71 Å². The van der Waals surface area contributed by atoms with Crippen LogP contribution in [0.1, 0.15) is 70.6 Å². The van der Waals surface area contributed by atoms with Gasteiger partial charge in [-0.05, 0) is 62.7 Å². The van der Waals surface area contributed by atoms with Crippen LogP contribution in [-0.2, 0) is 0 Å². The Bertz CT molecular complexity index is 593. The Morgan fingerprint density at radius 3 is 2.65 bits per heavy atom. The lowest BCUT2D eigenvalue weighted by Crippen LogP contribution is -2.33. The molecule has 2 unspecified atom stereocenters. The van der Waals surface area contributed by atoms with E-state index in [4.69, 9.17) is 10.8 Å². The number of nitrogens with zero attached hydrogens (tertiary/aromatic N) is 1. The Morgan fingerprint density at radius 1 is 0.962 bits per heavy atom. The Balaban J connectivity index is 1.72. The summed E-state index contributed by atoms with van der Waals surface area (Å²) in [6, 6.07) is 10.6. The molecule has 0 spiro atoms. The van der Waals surface area contributed by atoms with Crippen molar-refractivity contribution in [3.05, 3.63) is 42.0 Å². The number of para-hydroxylation sites is 1. The lowest BCUT2D eigenvalue weighted by Gasteiger charge is -2.20. The zero-order chi connectivity index (χ0) is 18.0. The van der Waals surface area contributed by atoms with Gasteiger partial charge in [-0.15, -0.1) is 0 Å². The van der Waals surface area contributed by atoms with Gasteiger partial charge in [-0.3, -0.25) is 5.43 Å². The molecule has 4 N–H and O–H groups in total. The number of hydrogen-bond acceptors (Lipinski definition) is 4. The normalized spacial score (nSPS) is 27.7. The molecule has 2 aliphatic rings. The summed E-state index contributed by atoms with van der Waals surface area (Å²) in [5, 5.41) is 8.42. The first kappa shape index (κ1) is 19.0. The maximum absolute atomic E-state index is 6.41. The highest BCUT2D eigenvalue weighted by atomic mass is 15.4. The summed E-state index contributed by atoms with van der Waals surface area (Å²) in [6.45, 7) is 0. The van der Waals surface area contributed by atoms with Crippen LogP contribution in [-0.4, -0.2) is 17.9 Å². The van der Waals surface area contributed by atoms with Crippen molar-refractivity contribution >= 4 is 11.4 Å². The molecular formula is C22H34N4. The summed E-state index contributed by atoms with van der Waals surface area (Å²) in [6.07, 6.45) is 15.6. The molecule has 1 aromatic carbocycles. The van der Waals surface area contributed by atoms with Crippen molar-refractivity contribution in [1.82, 2.24) is 5.43 Å². The van der Waals surface area contributed by atoms with Crippen molar-refractivity contribution in [1.29, 1.82) is 0 Å². The van der Waals surface area contributed by atoms with Crippen LogP contribution in [0.15, 0.2) is 47.1 Å². The van der Waals surface area contributed by atoms with E-state index in [2.05, 4.69) is 41.1 Å². The Labute approximate surface area is 158 Å². The standard InChI is InChI=1S/C22H34N4/c23-19-13-10-16-22(24-20-14-8-5-9-15-20)26-25-21(17-19)18-11-6-3-1-2-4-7-12-18/h5,8-9,11,14-15,19,22,24,26H,1-4,6-7,10,12-13,16-17,23H2/b18-11?,25-21+. The largest absolute Gasteiger partial charge is 0.364 e. The van der Waals surface area contributed by atoms with Crippen LogP contribution in [0, 0.1) is 0 Å². The van der Waals surface area contributed by atoms with Crippen LogP contribution < -0.4 is 16.5 Å². The average molecular weight is 355 g/mol. The molecule has 0 amide bonds. The predicted octanol–water partition coefficient (Wildman–Crippen LogP) is 4.94. The monoisotopic (exact) mass is 354 g/mol. The van der Waals surface area contributed by atoms with Gasteiger partial charge in [-0.2, -0.15) is 5.10 Å². The van der Waals surface area contributed by atoms with Gasteiger partial charge in [0.2, 0.25) is 0 Å². The molecule has 0 saturated carbocycles. The third-order valence-corrected chi connectivity index (χ3v) is 5.40. The number of nitrogens with one attached hydrogen (secondary N) is 2. The molecule has 26 heavy (non-hydrogen) atoms. The fourth-order valence-electron chi connectivity index (χ4n) is 3.87. The first-order valence-electron chi connectivity index (χ1n) is 10.4. The fourth-order valence-corrected chi connectivity index (χ4v) is 3.87. The lowest BCUT2D eigenvalue weighted by molar-refractivity contribution is 0.503. The van der Waals surface area contributed by atoms with Gasteiger partial charge in [-0.1, -0.05) is 43.5 Å². The van der Waals surface area contributed by atoms with Gasteiger partial charge in [0.15, 0.2) is 0 Å². The van der Waals surface area contributed by atoms with Crippen LogP contribution in [0.4, 0.5) is 5.69 Å². The zero-order valence-corrected chi connectivity index (χ0v) is 15.9. The van der Waals surface area contributed by atoms with E-state index in [0.717, 1.165) is 37.8 Å². The second kappa shape index (κ2) is 10.4. The molecule has 3 rings (SSSR count). The van der Waals surface area contributed by atoms with Gasteiger partial charge < -0.3 is 11.1 Å². The summed E-state index contributed by atoms with van der Waals surface area (Å²) in [4.78, 5) is 0. The number of benzene rings is 1. The Hall–Kier alpha value is -1.81. The quantitative estimate of drug-likeness (QED) is 0.720. The average Bonchev–Trinajstić information content (AvgIpc) is 2.84. The summed E-state index contributed by atoms with van der Waals surface area (Å²) >= 11 is 0. The van der Waals surface area contributed by atoms with E-state index in [1.807, 2.05) is 6.07 Å². The van der Waals surface area contributed by atoms with E-state index < -0.39 is 0 Å². The molecule has 4 heteroatoms. The molecule has 0 radical (unpaired) electrons. The van der Waals surface area contributed by atoms with E-state index in [-0.39, 0.29) is 12.2 Å². The summed E-state index contributed by atoms with van der Waals surface area (Å²) < 4.78 is 0. The topological polar surface area (TPSA) is 62.4 Å².